The van der Waals surface area contributed by atoms with Crippen molar-refractivity contribution in [2.45, 2.75) is 25.3 Å². The molecule has 1 aromatic carbocycles. The number of amides is 1. The van der Waals surface area contributed by atoms with Crippen molar-refractivity contribution >= 4 is 40.9 Å². The van der Waals surface area contributed by atoms with E-state index in [1.807, 2.05) is 23.5 Å². The molecular formula is C18H18Cl2N6O2. The topological polar surface area (TPSA) is 95.7 Å². The molecule has 0 unspecified atom stereocenters. The van der Waals surface area contributed by atoms with E-state index in [-0.39, 0.29) is 0 Å². The molecule has 0 aliphatic carbocycles. The average molecular weight is 421 g/mol. The van der Waals surface area contributed by atoms with Crippen molar-refractivity contribution in [2.24, 2.45) is 0 Å². The van der Waals surface area contributed by atoms with Gasteiger partial charge in [0, 0.05) is 36.0 Å². The zero-order chi connectivity index (χ0) is 19.9. The summed E-state index contributed by atoms with van der Waals surface area (Å²) in [5.41, 5.74) is 1.67. The Kier molecular flexibility index (Phi) is 4.76. The second kappa shape index (κ2) is 7.10. The summed E-state index contributed by atoms with van der Waals surface area (Å²) in [6, 6.07) is 5.42. The van der Waals surface area contributed by atoms with Crippen molar-refractivity contribution in [1.29, 1.82) is 0 Å². The lowest BCUT2D eigenvalue weighted by atomic mass is 9.90. The van der Waals surface area contributed by atoms with Crippen molar-refractivity contribution in [3.8, 4) is 11.1 Å². The highest BCUT2D eigenvalue weighted by Gasteiger charge is 2.32. The van der Waals surface area contributed by atoms with Crippen LogP contribution >= 0.6 is 23.2 Å². The number of carboxylic acid groups (broad SMARTS) is 1. The van der Waals surface area contributed by atoms with Gasteiger partial charge in [-0.25, -0.2) is 9.78 Å². The van der Waals surface area contributed by atoms with Crippen LogP contribution in [-0.4, -0.2) is 49.4 Å². The Morgan fingerprint density at radius 3 is 2.71 bits per heavy atom. The molecule has 3 aromatic rings. The summed E-state index contributed by atoms with van der Waals surface area (Å²) in [4.78, 5) is 17.7. The highest BCUT2D eigenvalue weighted by atomic mass is 35.5. The summed E-state index contributed by atoms with van der Waals surface area (Å²) in [6.45, 7) is 3.24. The van der Waals surface area contributed by atoms with Crippen LogP contribution in [0.5, 0.6) is 0 Å². The smallest absolute Gasteiger partial charge is 0.405 e. The average Bonchev–Trinajstić information content (AvgIpc) is 3.13. The lowest BCUT2D eigenvalue weighted by Gasteiger charge is -2.39. The zero-order valence-electron chi connectivity index (χ0n) is 15.1. The van der Waals surface area contributed by atoms with Crippen molar-refractivity contribution in [3.05, 3.63) is 40.8 Å². The molecule has 0 atom stereocenters. The molecule has 8 nitrogen and oxygen atoms in total. The summed E-state index contributed by atoms with van der Waals surface area (Å²) in [5.74, 6) is 0.708. The number of halogens is 2. The first-order valence-electron chi connectivity index (χ1n) is 8.77. The number of anilines is 1. The first kappa shape index (κ1) is 18.8. The Hall–Kier alpha value is -2.58. The molecule has 2 N–H and O–H groups in total. The first-order valence-corrected chi connectivity index (χ1v) is 9.53. The lowest BCUT2D eigenvalue weighted by Crippen LogP contribution is -2.53. The molecule has 3 heterocycles. The summed E-state index contributed by atoms with van der Waals surface area (Å²) < 4.78 is 1.82. The molecule has 1 aliphatic rings. The Balaban J connectivity index is 1.67. The summed E-state index contributed by atoms with van der Waals surface area (Å²) in [6.07, 6.45) is 3.68. The third-order valence-corrected chi connectivity index (χ3v) is 5.93. The van der Waals surface area contributed by atoms with Crippen molar-refractivity contribution in [1.82, 2.24) is 24.9 Å². The molecular weight excluding hydrogens is 403 g/mol. The Morgan fingerprint density at radius 1 is 1.25 bits per heavy atom. The molecule has 10 heteroatoms. The van der Waals surface area contributed by atoms with Gasteiger partial charge in [0.05, 0.1) is 10.0 Å². The summed E-state index contributed by atoms with van der Waals surface area (Å²) >= 11 is 12.5. The van der Waals surface area contributed by atoms with Crippen LogP contribution in [-0.2, 0) is 0 Å². The van der Waals surface area contributed by atoms with Crippen LogP contribution in [0.2, 0.25) is 10.0 Å². The highest BCUT2D eigenvalue weighted by Crippen LogP contribution is 2.36. The second-order valence-electron chi connectivity index (χ2n) is 7.08. The lowest BCUT2D eigenvalue weighted by molar-refractivity contribution is 0.173. The first-order chi connectivity index (χ1) is 13.4. The minimum absolute atomic E-state index is 0.442. The fourth-order valence-electron chi connectivity index (χ4n) is 3.53. The number of piperidine rings is 1. The van der Waals surface area contributed by atoms with Gasteiger partial charge in [0.25, 0.3) is 0 Å². The number of hydrogen-bond acceptors (Lipinski definition) is 5. The van der Waals surface area contributed by atoms with Gasteiger partial charge in [-0.3, -0.25) is 4.40 Å². The molecule has 0 spiro atoms. The van der Waals surface area contributed by atoms with E-state index in [1.54, 1.807) is 18.6 Å². The van der Waals surface area contributed by atoms with E-state index in [9.17, 15) is 4.79 Å². The maximum absolute atomic E-state index is 11.0. The van der Waals surface area contributed by atoms with Crippen LogP contribution in [0.4, 0.5) is 10.7 Å². The number of hydrogen-bond donors (Lipinski definition) is 2. The van der Waals surface area contributed by atoms with Gasteiger partial charge in [-0.15, -0.1) is 10.2 Å². The molecule has 0 radical (unpaired) electrons. The molecule has 2 aromatic heterocycles. The third kappa shape index (κ3) is 3.33. The van der Waals surface area contributed by atoms with Gasteiger partial charge in [-0.2, -0.15) is 0 Å². The minimum atomic E-state index is -1.00. The van der Waals surface area contributed by atoms with Crippen LogP contribution < -0.4 is 10.2 Å². The fourth-order valence-corrected chi connectivity index (χ4v) is 3.93. The van der Waals surface area contributed by atoms with Crippen LogP contribution in [0.15, 0.2) is 30.7 Å². The molecule has 146 valence electrons. The summed E-state index contributed by atoms with van der Waals surface area (Å²) in [5, 5.41) is 20.8. The van der Waals surface area contributed by atoms with E-state index in [0.29, 0.717) is 47.6 Å². The predicted molar refractivity (Wildman–Crippen MR) is 107 cm³/mol. The van der Waals surface area contributed by atoms with Crippen LogP contribution in [0.3, 0.4) is 0 Å². The number of fused-ring (bicyclic) bond motifs is 1. The number of rotatable bonds is 3. The van der Waals surface area contributed by atoms with Gasteiger partial charge < -0.3 is 15.3 Å². The molecule has 1 amide bonds. The summed E-state index contributed by atoms with van der Waals surface area (Å²) in [7, 11) is 0. The Bertz CT molecular complexity index is 1050. The number of benzene rings is 1. The van der Waals surface area contributed by atoms with Gasteiger partial charge in [-0.05, 0) is 25.8 Å². The molecule has 0 bridgehead atoms. The normalized spacial score (nSPS) is 16.3. The van der Waals surface area contributed by atoms with E-state index in [1.165, 1.54) is 0 Å². The van der Waals surface area contributed by atoms with E-state index >= 15 is 0 Å². The zero-order valence-corrected chi connectivity index (χ0v) is 16.6. The largest absolute Gasteiger partial charge is 0.465 e. The number of carbonyl (C=O) groups is 1. The molecule has 1 saturated heterocycles. The molecule has 1 fully saturated rings. The molecule has 1 aliphatic heterocycles. The quantitative estimate of drug-likeness (QED) is 0.669. The Morgan fingerprint density at radius 2 is 2.00 bits per heavy atom. The predicted octanol–water partition coefficient (Wildman–Crippen LogP) is 3.72. The van der Waals surface area contributed by atoms with Crippen molar-refractivity contribution < 1.29 is 9.90 Å². The maximum Gasteiger partial charge on any atom is 0.405 e. The molecule has 0 saturated carbocycles. The number of nitrogens with one attached hydrogen (secondary N) is 1. The second-order valence-corrected chi connectivity index (χ2v) is 7.86. The van der Waals surface area contributed by atoms with Gasteiger partial charge in [0.2, 0.25) is 5.95 Å². The maximum atomic E-state index is 11.0. The molecule has 4 rings (SSSR count). The van der Waals surface area contributed by atoms with Crippen molar-refractivity contribution in [2.75, 3.05) is 18.0 Å². The third-order valence-electron chi connectivity index (χ3n) is 5.11. The highest BCUT2D eigenvalue weighted by molar-refractivity contribution is 6.43. The van der Waals surface area contributed by atoms with Gasteiger partial charge in [0.15, 0.2) is 5.65 Å². The Labute approximate surface area is 171 Å². The van der Waals surface area contributed by atoms with E-state index in [2.05, 4.69) is 25.4 Å². The number of nitrogens with zero attached hydrogens (tertiary/aromatic N) is 5. The van der Waals surface area contributed by atoms with E-state index < -0.39 is 11.6 Å². The van der Waals surface area contributed by atoms with Gasteiger partial charge in [0.1, 0.15) is 6.33 Å². The standard InChI is InChI=1S/C18H18Cl2N6O2/c1-18(23-17(27)28)5-7-25(8-6-18)16-21-9-12(15-24-22-10-26(15)16)11-3-2-4-13(19)14(11)20/h2-4,9-10,23H,5-8H2,1H3,(H,27,28). The number of aromatic nitrogens is 4. The van der Waals surface area contributed by atoms with Gasteiger partial charge >= 0.3 is 6.09 Å². The van der Waals surface area contributed by atoms with Crippen LogP contribution in [0, 0.1) is 0 Å². The van der Waals surface area contributed by atoms with Crippen molar-refractivity contribution in [3.63, 3.8) is 0 Å². The van der Waals surface area contributed by atoms with E-state index in [4.69, 9.17) is 28.3 Å². The SMILES string of the molecule is CC1(NC(=O)O)CCN(c2ncc(-c3cccc(Cl)c3Cl)c3nncn23)CC1. The monoisotopic (exact) mass is 420 g/mol. The van der Waals surface area contributed by atoms with Gasteiger partial charge in [-0.1, -0.05) is 35.3 Å². The molecule has 28 heavy (non-hydrogen) atoms. The van der Waals surface area contributed by atoms with Crippen LogP contribution in [0.1, 0.15) is 19.8 Å². The minimum Gasteiger partial charge on any atom is -0.465 e. The fraction of sp³-hybridized carbons (Fsp3) is 0.333. The van der Waals surface area contributed by atoms with Crippen LogP contribution in [0.25, 0.3) is 16.8 Å². The van der Waals surface area contributed by atoms with E-state index in [0.717, 1.165) is 11.1 Å².